The fraction of sp³-hybridized carbons (Fsp3) is 0.517. The average molecular weight is 1340 g/mol. The number of guanidine groups is 1. The van der Waals surface area contributed by atoms with Crippen LogP contribution in [-0.2, 0) is 84.8 Å². The Morgan fingerprint density at radius 2 is 1.10 bits per heavy atom. The third-order valence-electron chi connectivity index (χ3n) is 14.2. The van der Waals surface area contributed by atoms with Crippen LogP contribution in [-0.4, -0.2) is 225 Å². The molecular formula is C58H84N16O19S. The topological polar surface area (TPSA) is 577 Å². The van der Waals surface area contributed by atoms with E-state index in [9.17, 15) is 87.2 Å². The Hall–Kier alpha value is -9.97. The summed E-state index contributed by atoms with van der Waals surface area (Å²) in [5, 5.41) is 62.5. The smallest absolute Gasteiger partial charge is 0.326 e. The van der Waals surface area contributed by atoms with E-state index in [1.165, 1.54) is 25.6 Å². The molecule has 0 bridgehead atoms. The van der Waals surface area contributed by atoms with Gasteiger partial charge in [-0.1, -0.05) is 60.7 Å². The number of nitrogens with one attached hydrogen (secondary N) is 10. The van der Waals surface area contributed by atoms with E-state index in [2.05, 4.69) is 58.2 Å². The Morgan fingerprint density at radius 1 is 0.585 bits per heavy atom. The van der Waals surface area contributed by atoms with Crippen LogP contribution in [0.1, 0.15) is 82.8 Å². The molecule has 1 fully saturated rings. The summed E-state index contributed by atoms with van der Waals surface area (Å²) >= 11 is 1.30. The first-order chi connectivity index (χ1) is 44.4. The van der Waals surface area contributed by atoms with Crippen LogP contribution in [0.4, 0.5) is 0 Å². The number of hydrogen-bond acceptors (Lipinski definition) is 19. The van der Waals surface area contributed by atoms with Crippen LogP contribution in [0.2, 0.25) is 0 Å². The number of hydrogen-bond donors (Lipinski definition) is 18. The molecule has 22 N–H and O–H groups in total. The van der Waals surface area contributed by atoms with E-state index in [1.807, 2.05) is 0 Å². The van der Waals surface area contributed by atoms with Gasteiger partial charge in [0.25, 0.3) is 0 Å². The molecule has 35 nitrogen and oxygen atoms in total. The van der Waals surface area contributed by atoms with Crippen molar-refractivity contribution < 1.29 is 92.3 Å². The normalized spacial score (nSPS) is 15.7. The number of thioether (sulfide) groups is 1. The number of aliphatic hydroxyl groups is 1. The zero-order valence-corrected chi connectivity index (χ0v) is 52.8. The fourth-order valence-electron chi connectivity index (χ4n) is 9.33. The highest BCUT2D eigenvalue weighted by Gasteiger charge is 2.40. The van der Waals surface area contributed by atoms with E-state index in [0.717, 1.165) is 4.90 Å². The highest BCUT2D eigenvalue weighted by molar-refractivity contribution is 7.98. The molecule has 3 rings (SSSR count). The number of nitrogens with two attached hydrogens (primary N) is 4. The monoisotopic (exact) mass is 1340 g/mol. The summed E-state index contributed by atoms with van der Waals surface area (Å²) in [6.45, 7) is 0.646. The number of nitrogens with zero attached hydrogens (tertiary/aromatic N) is 2. The van der Waals surface area contributed by atoms with Gasteiger partial charge in [-0.15, -0.1) is 0 Å². The number of carboxylic acid groups (broad SMARTS) is 3. The quantitative estimate of drug-likeness (QED) is 0.0167. The van der Waals surface area contributed by atoms with Crippen molar-refractivity contribution in [2.24, 2.45) is 27.9 Å². The van der Waals surface area contributed by atoms with E-state index in [1.54, 1.807) is 66.9 Å². The number of amides is 12. The highest BCUT2D eigenvalue weighted by atomic mass is 32.2. The van der Waals surface area contributed by atoms with Crippen molar-refractivity contribution in [1.29, 1.82) is 0 Å². The van der Waals surface area contributed by atoms with Gasteiger partial charge in [0.2, 0.25) is 70.9 Å². The summed E-state index contributed by atoms with van der Waals surface area (Å²) < 4.78 is 0. The molecule has 2 aromatic carbocycles. The van der Waals surface area contributed by atoms with Crippen LogP contribution in [0.5, 0.6) is 0 Å². The maximum absolute atomic E-state index is 14.1. The van der Waals surface area contributed by atoms with Gasteiger partial charge in [-0.3, -0.25) is 72.1 Å². The number of carbonyl (C=O) groups is 15. The third-order valence-corrected chi connectivity index (χ3v) is 14.8. The molecule has 1 aliphatic heterocycles. The van der Waals surface area contributed by atoms with Gasteiger partial charge in [-0.25, -0.2) is 4.79 Å². The summed E-state index contributed by atoms with van der Waals surface area (Å²) in [6, 6.07) is 1.80. The lowest BCUT2D eigenvalue weighted by Crippen LogP contribution is -2.60. The molecule has 0 aromatic heterocycles. The lowest BCUT2D eigenvalue weighted by molar-refractivity contribution is -0.142. The molecule has 0 spiro atoms. The molecule has 0 radical (unpaired) electrons. The van der Waals surface area contributed by atoms with Crippen LogP contribution in [0.15, 0.2) is 65.7 Å². The number of rotatable bonds is 41. The number of aliphatic carboxylic acids is 3. The first kappa shape index (κ1) is 78.3. The molecule has 94 heavy (non-hydrogen) atoms. The molecule has 1 saturated heterocycles. The number of likely N-dealkylation sites (tertiary alicyclic amines) is 1. The molecule has 1 heterocycles. The van der Waals surface area contributed by atoms with Crippen LogP contribution in [0, 0.1) is 0 Å². The van der Waals surface area contributed by atoms with Crippen molar-refractivity contribution in [2.45, 2.75) is 151 Å². The molecule has 516 valence electrons. The zero-order valence-electron chi connectivity index (χ0n) is 52.0. The summed E-state index contributed by atoms with van der Waals surface area (Å²) in [5.41, 5.74) is 23.0. The fourth-order valence-corrected chi connectivity index (χ4v) is 9.80. The number of carbonyl (C=O) groups excluding carboxylic acids is 12. The van der Waals surface area contributed by atoms with E-state index in [0.29, 0.717) is 11.1 Å². The van der Waals surface area contributed by atoms with Crippen LogP contribution >= 0.6 is 11.8 Å². The minimum atomic E-state index is -1.79. The van der Waals surface area contributed by atoms with Crippen LogP contribution < -0.4 is 76.1 Å². The van der Waals surface area contributed by atoms with Crippen molar-refractivity contribution in [2.75, 3.05) is 38.2 Å². The number of aliphatic imine (C=N–C) groups is 1. The largest absolute Gasteiger partial charge is 0.481 e. The second-order valence-corrected chi connectivity index (χ2v) is 22.8. The molecule has 12 amide bonds. The molecule has 0 saturated carbocycles. The van der Waals surface area contributed by atoms with Crippen LogP contribution in [0.3, 0.4) is 0 Å². The summed E-state index contributed by atoms with van der Waals surface area (Å²) in [7, 11) is 0. The molecule has 0 aliphatic carbocycles. The van der Waals surface area contributed by atoms with Gasteiger partial charge in [-0.2, -0.15) is 11.8 Å². The number of primary amides is 1. The molecule has 1 aliphatic rings. The van der Waals surface area contributed by atoms with Crippen molar-refractivity contribution in [3.05, 3.63) is 71.8 Å². The maximum Gasteiger partial charge on any atom is 0.326 e. The standard InChI is InChI=1S/C58H84N16O19S/c1-30(66-53(88)38(26-42(60)76)67-43(77)28-64-50(85)39(27-46(81)82)70-48(83)34(59)18-19-45(79)80)56(91)74-22-11-17-41(74)54(89)71-37(24-32-12-6-4-7-13-32)49(84)65-29-44(78)73-47(31(2)75)55(90)69-36(20-23-94-3)52(87)68-35(16-10-21-63-58(61)62)51(86)72-40(57(92)93)25-33-14-8-5-9-15-33/h4-9,12-15,30-31,34-41,47,75H,10-11,16-29,59H2,1-3H3,(H2,60,76)(H,64,85)(H,65,84)(H,66,88)(H,67,77)(H,68,87)(H,69,90)(H,70,83)(H,71,89)(H,72,86)(H,73,78)(H,79,80)(H,81,82)(H,92,93)(H4,61,62,63)/t30-,31+,34-,35-,36-,37-,38-,39-,40-,41-,47-/m0/s1. The Labute approximate surface area is 544 Å². The Morgan fingerprint density at radius 3 is 1.63 bits per heavy atom. The second-order valence-electron chi connectivity index (χ2n) is 21.8. The Kier molecular flexibility index (Phi) is 33.4. The minimum absolute atomic E-state index is 0.0172. The lowest BCUT2D eigenvalue weighted by Gasteiger charge is -2.29. The van der Waals surface area contributed by atoms with Gasteiger partial charge < -0.3 is 101 Å². The first-order valence-corrected chi connectivity index (χ1v) is 31.1. The predicted molar refractivity (Wildman–Crippen MR) is 335 cm³/mol. The molecular weight excluding hydrogens is 1260 g/mol. The van der Waals surface area contributed by atoms with Crippen molar-refractivity contribution in [3.8, 4) is 0 Å². The van der Waals surface area contributed by atoms with Gasteiger partial charge in [-0.05, 0) is 75.5 Å². The summed E-state index contributed by atoms with van der Waals surface area (Å²) in [6.07, 6.45) is -2.45. The Balaban J connectivity index is 1.71. The highest BCUT2D eigenvalue weighted by Crippen LogP contribution is 2.20. The van der Waals surface area contributed by atoms with E-state index in [-0.39, 0.29) is 76.2 Å². The van der Waals surface area contributed by atoms with Gasteiger partial charge >= 0.3 is 17.9 Å². The maximum atomic E-state index is 14.1. The number of aliphatic hydroxyl groups excluding tert-OH is 1. The lowest BCUT2D eigenvalue weighted by atomic mass is 10.0. The van der Waals surface area contributed by atoms with Crippen LogP contribution in [0.25, 0.3) is 0 Å². The molecule has 2 aromatic rings. The number of benzene rings is 2. The van der Waals surface area contributed by atoms with E-state index in [4.69, 9.17) is 28.0 Å². The predicted octanol–water partition coefficient (Wildman–Crippen LogP) is -6.59. The number of carboxylic acids is 3. The van der Waals surface area contributed by atoms with Gasteiger partial charge in [0.05, 0.1) is 38.1 Å². The summed E-state index contributed by atoms with van der Waals surface area (Å²) in [5.74, 6) is -16.1. The average Bonchev–Trinajstić information content (AvgIpc) is 1.63. The Bertz CT molecular complexity index is 3030. The van der Waals surface area contributed by atoms with E-state index >= 15 is 0 Å². The second kappa shape index (κ2) is 40.1. The molecule has 0 unspecified atom stereocenters. The van der Waals surface area contributed by atoms with Crippen molar-refractivity contribution in [3.63, 3.8) is 0 Å². The van der Waals surface area contributed by atoms with Crippen molar-refractivity contribution in [1.82, 2.24) is 58.1 Å². The minimum Gasteiger partial charge on any atom is -0.481 e. The van der Waals surface area contributed by atoms with Gasteiger partial charge in [0, 0.05) is 32.4 Å². The molecule has 11 atom stereocenters. The molecule has 36 heteroatoms. The zero-order chi connectivity index (χ0) is 70.2. The van der Waals surface area contributed by atoms with Crippen molar-refractivity contribution >= 4 is 107 Å². The summed E-state index contributed by atoms with van der Waals surface area (Å²) in [4.78, 5) is 201. The SMILES string of the molecule is CSCC[C@H](NC(=O)[C@@H](NC(=O)CNC(=O)[C@H](Cc1ccccc1)NC(=O)[C@@H]1CCCN1C(=O)[C@H](C)NC(=O)[C@H](CC(N)=O)NC(=O)CNC(=O)[C@H](CC(=O)O)NC(=O)[C@@H](N)CCC(=O)O)[C@@H](C)O)C(=O)N[C@@H](CCCN=C(N)N)C(=O)N[C@@H](Cc1ccccc1)C(=O)O. The third kappa shape index (κ3) is 28.3. The van der Waals surface area contributed by atoms with E-state index < -0.39 is 188 Å². The van der Waals surface area contributed by atoms with Gasteiger partial charge in [0.1, 0.15) is 54.4 Å². The first-order valence-electron chi connectivity index (χ1n) is 29.7. The van der Waals surface area contributed by atoms with Gasteiger partial charge in [0.15, 0.2) is 5.96 Å².